The number of carbonyl (C=O) groups is 1. The molecular formula is C26H21BrClNO4. The second kappa shape index (κ2) is 10.2. The van der Waals surface area contributed by atoms with Crippen molar-refractivity contribution in [3.05, 3.63) is 98.1 Å². The summed E-state index contributed by atoms with van der Waals surface area (Å²) in [5, 5.41) is 0.372. The van der Waals surface area contributed by atoms with Crippen LogP contribution < -0.4 is 9.47 Å². The van der Waals surface area contributed by atoms with Gasteiger partial charge in [0.2, 0.25) is 5.90 Å². The van der Waals surface area contributed by atoms with Gasteiger partial charge in [0.05, 0.1) is 11.6 Å². The zero-order chi connectivity index (χ0) is 23.4. The van der Waals surface area contributed by atoms with Crippen molar-refractivity contribution in [1.82, 2.24) is 0 Å². The van der Waals surface area contributed by atoms with Crippen molar-refractivity contribution in [3.63, 3.8) is 0 Å². The Hall–Kier alpha value is -3.09. The monoisotopic (exact) mass is 525 g/mol. The van der Waals surface area contributed by atoms with E-state index in [-0.39, 0.29) is 11.6 Å². The van der Waals surface area contributed by atoms with Gasteiger partial charge in [0, 0.05) is 10.0 Å². The summed E-state index contributed by atoms with van der Waals surface area (Å²) in [6.45, 7) is 4.63. The van der Waals surface area contributed by atoms with Crippen molar-refractivity contribution in [2.24, 2.45) is 4.99 Å². The molecule has 4 rings (SSSR count). The van der Waals surface area contributed by atoms with Gasteiger partial charge in [0.1, 0.15) is 6.61 Å². The van der Waals surface area contributed by atoms with Crippen molar-refractivity contribution in [3.8, 4) is 11.5 Å². The summed E-state index contributed by atoms with van der Waals surface area (Å²) in [4.78, 5) is 16.7. The molecule has 3 aromatic rings. The first-order chi connectivity index (χ1) is 15.9. The Kier molecular flexibility index (Phi) is 7.16. The molecule has 168 valence electrons. The zero-order valence-electron chi connectivity index (χ0n) is 18.1. The molecule has 33 heavy (non-hydrogen) atoms. The largest absolute Gasteiger partial charge is 0.490 e. The first-order valence-electron chi connectivity index (χ1n) is 10.4. The van der Waals surface area contributed by atoms with E-state index in [0.29, 0.717) is 35.3 Å². The maximum atomic E-state index is 12.4. The lowest BCUT2D eigenvalue weighted by Gasteiger charge is -2.14. The summed E-state index contributed by atoms with van der Waals surface area (Å²) in [7, 11) is 0. The molecule has 1 heterocycles. The summed E-state index contributed by atoms with van der Waals surface area (Å²) in [5.41, 5.74) is 3.67. The summed E-state index contributed by atoms with van der Waals surface area (Å²) in [5.74, 6) is 0.686. The number of cyclic esters (lactones) is 1. The first kappa shape index (κ1) is 23.1. The second-order valence-electron chi connectivity index (χ2n) is 7.38. The van der Waals surface area contributed by atoms with Crippen LogP contribution in [0, 0.1) is 6.92 Å². The van der Waals surface area contributed by atoms with Gasteiger partial charge in [-0.05, 0) is 67.4 Å². The highest BCUT2D eigenvalue weighted by Crippen LogP contribution is 2.38. The molecule has 5 nitrogen and oxygen atoms in total. The molecule has 0 bridgehead atoms. The summed E-state index contributed by atoms with van der Waals surface area (Å²) < 4.78 is 18.1. The highest BCUT2D eigenvalue weighted by Gasteiger charge is 2.24. The summed E-state index contributed by atoms with van der Waals surface area (Å²) in [6, 6.07) is 18.9. The van der Waals surface area contributed by atoms with Crippen LogP contribution in [0.5, 0.6) is 11.5 Å². The lowest BCUT2D eigenvalue weighted by atomic mass is 10.1. The average Bonchev–Trinajstić information content (AvgIpc) is 3.14. The number of halogens is 2. The van der Waals surface area contributed by atoms with E-state index in [1.165, 1.54) is 0 Å². The smallest absolute Gasteiger partial charge is 0.363 e. The summed E-state index contributed by atoms with van der Waals surface area (Å²) in [6.07, 6.45) is 1.62. The maximum Gasteiger partial charge on any atom is 0.363 e. The fraction of sp³-hybridized carbons (Fsp3) is 0.154. The molecular weight excluding hydrogens is 506 g/mol. The fourth-order valence-corrected chi connectivity index (χ4v) is 3.96. The highest BCUT2D eigenvalue weighted by molar-refractivity contribution is 9.10. The van der Waals surface area contributed by atoms with Gasteiger partial charge in [-0.25, -0.2) is 9.79 Å². The molecule has 0 N–H and O–H groups in total. The molecule has 0 unspecified atom stereocenters. The molecule has 0 spiro atoms. The minimum Gasteiger partial charge on any atom is -0.490 e. The minimum absolute atomic E-state index is 0.187. The van der Waals surface area contributed by atoms with E-state index in [1.807, 2.05) is 62.4 Å². The Bertz CT molecular complexity index is 1250. The van der Waals surface area contributed by atoms with Gasteiger partial charge in [-0.1, -0.05) is 57.4 Å². The molecule has 0 amide bonds. The predicted octanol–water partition coefficient (Wildman–Crippen LogP) is 6.73. The number of hydrogen-bond acceptors (Lipinski definition) is 5. The number of carbonyl (C=O) groups excluding carboxylic acids is 1. The van der Waals surface area contributed by atoms with E-state index in [1.54, 1.807) is 18.2 Å². The average molecular weight is 527 g/mol. The van der Waals surface area contributed by atoms with Crippen LogP contribution >= 0.6 is 27.5 Å². The van der Waals surface area contributed by atoms with Crippen LogP contribution in [-0.4, -0.2) is 18.5 Å². The quantitative estimate of drug-likeness (QED) is 0.253. The molecule has 0 saturated carbocycles. The molecule has 0 fully saturated rings. The number of aliphatic imine (C=N–C) groups is 1. The Morgan fingerprint density at radius 2 is 1.88 bits per heavy atom. The third-order valence-electron chi connectivity index (χ3n) is 4.83. The molecule has 0 radical (unpaired) electrons. The highest BCUT2D eigenvalue weighted by atomic mass is 79.9. The van der Waals surface area contributed by atoms with Gasteiger partial charge >= 0.3 is 5.97 Å². The lowest BCUT2D eigenvalue weighted by molar-refractivity contribution is -0.129. The topological polar surface area (TPSA) is 57.1 Å². The van der Waals surface area contributed by atoms with E-state index < -0.39 is 5.97 Å². The third-order valence-corrected chi connectivity index (χ3v) is 5.60. The number of nitrogens with zero attached hydrogens (tertiary/aromatic N) is 1. The molecule has 0 atom stereocenters. The van der Waals surface area contributed by atoms with Gasteiger partial charge in [-0.3, -0.25) is 0 Å². The first-order valence-corrected chi connectivity index (χ1v) is 11.5. The van der Waals surface area contributed by atoms with Crippen LogP contribution in [0.3, 0.4) is 0 Å². The van der Waals surface area contributed by atoms with Crippen LogP contribution in [0.25, 0.3) is 6.08 Å². The molecule has 0 saturated heterocycles. The van der Waals surface area contributed by atoms with Crippen molar-refractivity contribution >= 4 is 45.5 Å². The standard InChI is InChI=1S/C26H21BrClNO4/c1-3-31-23-14-18(12-21(28)24(23)32-15-17-5-4-6-20(27)11-17)13-22-26(30)33-25(29-22)19-9-7-16(2)8-10-19/h4-14H,3,15H2,1-2H3/b22-13-. The Balaban J connectivity index is 1.61. The Morgan fingerprint density at radius 3 is 2.61 bits per heavy atom. The number of hydrogen-bond donors (Lipinski definition) is 0. The summed E-state index contributed by atoms with van der Waals surface area (Å²) >= 11 is 9.99. The van der Waals surface area contributed by atoms with E-state index in [0.717, 1.165) is 21.2 Å². The second-order valence-corrected chi connectivity index (χ2v) is 8.71. The molecule has 3 aromatic carbocycles. The van der Waals surface area contributed by atoms with Crippen LogP contribution in [0.4, 0.5) is 0 Å². The van der Waals surface area contributed by atoms with Crippen LogP contribution in [0.1, 0.15) is 29.2 Å². The predicted molar refractivity (Wildman–Crippen MR) is 133 cm³/mol. The zero-order valence-corrected chi connectivity index (χ0v) is 20.4. The number of aryl methyl sites for hydroxylation is 1. The van der Waals surface area contributed by atoms with E-state index in [2.05, 4.69) is 20.9 Å². The third kappa shape index (κ3) is 5.64. The molecule has 7 heteroatoms. The van der Waals surface area contributed by atoms with Crippen molar-refractivity contribution < 1.29 is 19.0 Å². The van der Waals surface area contributed by atoms with E-state index in [4.69, 9.17) is 25.8 Å². The normalized spacial score (nSPS) is 14.2. The van der Waals surface area contributed by atoms with Crippen molar-refractivity contribution in [1.29, 1.82) is 0 Å². The lowest BCUT2D eigenvalue weighted by Crippen LogP contribution is -2.05. The van der Waals surface area contributed by atoms with Gasteiger partial charge in [0.25, 0.3) is 0 Å². The van der Waals surface area contributed by atoms with E-state index in [9.17, 15) is 4.79 Å². The minimum atomic E-state index is -0.519. The van der Waals surface area contributed by atoms with Gasteiger partial charge in [-0.2, -0.15) is 0 Å². The van der Waals surface area contributed by atoms with Gasteiger partial charge < -0.3 is 14.2 Å². The van der Waals surface area contributed by atoms with Crippen LogP contribution in [-0.2, 0) is 16.1 Å². The number of esters is 1. The Labute approximate surface area is 205 Å². The fourth-order valence-electron chi connectivity index (χ4n) is 3.24. The van der Waals surface area contributed by atoms with E-state index >= 15 is 0 Å². The Morgan fingerprint density at radius 1 is 1.09 bits per heavy atom. The SMILES string of the molecule is CCOc1cc(/C=C2\N=C(c3ccc(C)cc3)OC2=O)cc(Cl)c1OCc1cccc(Br)c1. The molecule has 0 aromatic heterocycles. The molecule has 0 aliphatic carbocycles. The molecule has 1 aliphatic heterocycles. The van der Waals surface area contributed by atoms with Crippen molar-refractivity contribution in [2.45, 2.75) is 20.5 Å². The van der Waals surface area contributed by atoms with Gasteiger partial charge in [-0.15, -0.1) is 0 Å². The number of rotatable bonds is 7. The van der Waals surface area contributed by atoms with Crippen molar-refractivity contribution in [2.75, 3.05) is 6.61 Å². The van der Waals surface area contributed by atoms with Gasteiger partial charge in [0.15, 0.2) is 17.2 Å². The number of ether oxygens (including phenoxy) is 3. The molecule has 1 aliphatic rings. The number of benzene rings is 3. The van der Waals surface area contributed by atoms with Crippen LogP contribution in [0.15, 0.2) is 75.8 Å². The van der Waals surface area contributed by atoms with Crippen LogP contribution in [0.2, 0.25) is 5.02 Å². The maximum absolute atomic E-state index is 12.4.